The van der Waals surface area contributed by atoms with Crippen LogP contribution in [0.1, 0.15) is 22.1 Å². The topological polar surface area (TPSA) is 12.5 Å². The standard InChI is InChI=1S/C21H23NO/c1-22(2)20(18-10-4-3-5-11-18)15-16-23-21-14-8-12-17-9-6-7-13-19(17)21/h3-14,20H,15-16H2,1-2H3/i1D3. The molecule has 3 aromatic carbocycles. The van der Waals surface area contributed by atoms with E-state index in [-0.39, 0.29) is 6.04 Å². The number of nitrogens with zero attached hydrogens (tertiary/aromatic N) is 1. The maximum absolute atomic E-state index is 7.74. The first-order valence-electron chi connectivity index (χ1n) is 9.35. The normalized spacial score (nSPS) is 15.0. The van der Waals surface area contributed by atoms with E-state index in [0.717, 1.165) is 22.1 Å². The molecule has 0 spiro atoms. The lowest BCUT2D eigenvalue weighted by molar-refractivity contribution is 0.225. The van der Waals surface area contributed by atoms with Crippen LogP contribution in [0.15, 0.2) is 72.8 Å². The molecule has 0 radical (unpaired) electrons. The Morgan fingerprint density at radius 1 is 0.957 bits per heavy atom. The third-order valence-corrected chi connectivity index (χ3v) is 4.05. The molecule has 1 atom stereocenters. The van der Waals surface area contributed by atoms with Crippen LogP contribution >= 0.6 is 0 Å². The summed E-state index contributed by atoms with van der Waals surface area (Å²) in [4.78, 5) is 1.44. The van der Waals surface area contributed by atoms with E-state index in [4.69, 9.17) is 8.85 Å². The Morgan fingerprint density at radius 2 is 1.70 bits per heavy atom. The molecule has 0 N–H and O–H groups in total. The zero-order valence-electron chi connectivity index (χ0n) is 16.3. The fourth-order valence-electron chi connectivity index (χ4n) is 2.86. The van der Waals surface area contributed by atoms with E-state index in [1.165, 1.54) is 4.90 Å². The quantitative estimate of drug-likeness (QED) is 0.641. The van der Waals surface area contributed by atoms with E-state index in [0.29, 0.717) is 13.0 Å². The molecule has 0 heterocycles. The molecule has 0 aliphatic carbocycles. The molecule has 0 aliphatic rings. The molecule has 0 aliphatic heterocycles. The van der Waals surface area contributed by atoms with Crippen molar-refractivity contribution in [2.24, 2.45) is 0 Å². The van der Waals surface area contributed by atoms with Gasteiger partial charge in [0.2, 0.25) is 0 Å². The first kappa shape index (κ1) is 12.1. The molecule has 0 saturated carbocycles. The van der Waals surface area contributed by atoms with Gasteiger partial charge in [0.1, 0.15) is 5.75 Å². The van der Waals surface area contributed by atoms with Gasteiger partial charge in [0, 0.05) is 22.0 Å². The molecule has 1 unspecified atom stereocenters. The molecule has 118 valence electrons. The molecule has 0 amide bonds. The van der Waals surface area contributed by atoms with Crippen molar-refractivity contribution in [2.75, 3.05) is 20.6 Å². The molecule has 0 saturated heterocycles. The van der Waals surface area contributed by atoms with E-state index in [1.807, 2.05) is 60.7 Å². The number of hydrogen-bond donors (Lipinski definition) is 0. The second-order valence-electron chi connectivity index (χ2n) is 5.65. The van der Waals surface area contributed by atoms with Crippen molar-refractivity contribution < 1.29 is 8.85 Å². The summed E-state index contributed by atoms with van der Waals surface area (Å²) in [6.45, 7) is -1.71. The highest BCUT2D eigenvalue weighted by atomic mass is 16.5. The van der Waals surface area contributed by atoms with E-state index in [9.17, 15) is 0 Å². The average Bonchev–Trinajstić information content (AvgIpc) is 2.65. The Morgan fingerprint density at radius 3 is 2.52 bits per heavy atom. The summed E-state index contributed by atoms with van der Waals surface area (Å²) in [6, 6.07) is 23.5. The SMILES string of the molecule is [2H]C([2H])([2H])N(C)C(CCOc1cccc2ccccc12)c1ccccc1. The average molecular weight is 308 g/mol. The van der Waals surface area contributed by atoms with Crippen LogP contribution in [0.4, 0.5) is 0 Å². The number of benzene rings is 3. The molecule has 0 aromatic heterocycles. The summed E-state index contributed by atoms with van der Waals surface area (Å²) in [5, 5.41) is 2.19. The zero-order valence-corrected chi connectivity index (χ0v) is 13.3. The second kappa shape index (κ2) is 7.30. The van der Waals surface area contributed by atoms with Crippen LogP contribution in [0.5, 0.6) is 5.75 Å². The molecule has 2 heteroatoms. The van der Waals surface area contributed by atoms with Gasteiger partial charge in [-0.1, -0.05) is 66.7 Å². The summed E-state index contributed by atoms with van der Waals surface area (Å²) in [5.74, 6) is 0.825. The highest BCUT2D eigenvalue weighted by Crippen LogP contribution is 2.27. The van der Waals surface area contributed by atoms with E-state index in [1.54, 1.807) is 7.05 Å². The van der Waals surface area contributed by atoms with Crippen molar-refractivity contribution in [3.05, 3.63) is 78.4 Å². The monoisotopic (exact) mass is 308 g/mol. The fraction of sp³-hybridized carbons (Fsp3) is 0.238. The van der Waals surface area contributed by atoms with Crippen LogP contribution in [-0.4, -0.2) is 25.5 Å². The van der Waals surface area contributed by atoms with Crippen LogP contribution in [0.3, 0.4) is 0 Å². The maximum atomic E-state index is 7.74. The van der Waals surface area contributed by atoms with Gasteiger partial charge in [-0.15, -0.1) is 0 Å². The van der Waals surface area contributed by atoms with Gasteiger partial charge in [0.05, 0.1) is 6.61 Å². The third kappa shape index (κ3) is 3.72. The van der Waals surface area contributed by atoms with Crippen LogP contribution in [-0.2, 0) is 0 Å². The Hall–Kier alpha value is -2.32. The molecule has 0 fully saturated rings. The Bertz CT molecular complexity index is 843. The largest absolute Gasteiger partial charge is 0.493 e. The summed E-state index contributed by atoms with van der Waals surface area (Å²) in [5.41, 5.74) is 0.979. The first-order chi connectivity index (χ1) is 12.5. The van der Waals surface area contributed by atoms with Crippen LogP contribution in [0, 0.1) is 0 Å². The van der Waals surface area contributed by atoms with E-state index >= 15 is 0 Å². The van der Waals surface area contributed by atoms with Gasteiger partial charge in [0.15, 0.2) is 0 Å². The maximum Gasteiger partial charge on any atom is 0.127 e. The van der Waals surface area contributed by atoms with Gasteiger partial charge in [-0.25, -0.2) is 0 Å². The van der Waals surface area contributed by atoms with Crippen molar-refractivity contribution in [3.63, 3.8) is 0 Å². The smallest absolute Gasteiger partial charge is 0.127 e. The molecule has 23 heavy (non-hydrogen) atoms. The highest BCUT2D eigenvalue weighted by molar-refractivity contribution is 5.88. The second-order valence-corrected chi connectivity index (χ2v) is 5.65. The van der Waals surface area contributed by atoms with Gasteiger partial charge in [-0.05, 0) is 31.0 Å². The number of hydrogen-bond acceptors (Lipinski definition) is 2. The fourth-order valence-corrected chi connectivity index (χ4v) is 2.86. The lowest BCUT2D eigenvalue weighted by Crippen LogP contribution is -2.22. The van der Waals surface area contributed by atoms with E-state index < -0.39 is 6.98 Å². The predicted molar refractivity (Wildman–Crippen MR) is 96.9 cm³/mol. The van der Waals surface area contributed by atoms with Crippen molar-refractivity contribution >= 4 is 10.8 Å². The summed E-state index contributed by atoms with van der Waals surface area (Å²) >= 11 is 0. The Labute approximate surface area is 142 Å². The summed E-state index contributed by atoms with van der Waals surface area (Å²) in [6.07, 6.45) is 0.585. The van der Waals surface area contributed by atoms with Gasteiger partial charge >= 0.3 is 0 Å². The minimum absolute atomic E-state index is 0.237. The van der Waals surface area contributed by atoms with Crippen LogP contribution in [0.25, 0.3) is 10.8 Å². The summed E-state index contributed by atoms with van der Waals surface area (Å²) in [7, 11) is 1.64. The minimum Gasteiger partial charge on any atom is -0.493 e. The number of ether oxygens (including phenoxy) is 1. The molecular formula is C21H23NO. The minimum atomic E-state index is -2.15. The Kier molecular flexibility index (Phi) is 3.85. The molecular weight excluding hydrogens is 282 g/mol. The molecule has 0 bridgehead atoms. The molecule has 3 aromatic rings. The highest BCUT2D eigenvalue weighted by Gasteiger charge is 2.14. The van der Waals surface area contributed by atoms with Crippen molar-refractivity contribution in [3.8, 4) is 5.75 Å². The zero-order chi connectivity index (χ0) is 18.6. The first-order valence-corrected chi connectivity index (χ1v) is 7.85. The van der Waals surface area contributed by atoms with Gasteiger partial charge < -0.3 is 9.64 Å². The molecule has 3 rings (SSSR count). The van der Waals surface area contributed by atoms with E-state index in [2.05, 4.69) is 12.1 Å². The van der Waals surface area contributed by atoms with Crippen LogP contribution in [0.2, 0.25) is 0 Å². The van der Waals surface area contributed by atoms with Crippen LogP contribution < -0.4 is 4.74 Å². The lowest BCUT2D eigenvalue weighted by atomic mass is 10.0. The van der Waals surface area contributed by atoms with Gasteiger partial charge in [-0.3, -0.25) is 0 Å². The number of fused-ring (bicyclic) bond motifs is 1. The van der Waals surface area contributed by atoms with Gasteiger partial charge in [0.25, 0.3) is 0 Å². The molecule has 2 nitrogen and oxygen atoms in total. The van der Waals surface area contributed by atoms with Crippen molar-refractivity contribution in [2.45, 2.75) is 12.5 Å². The Balaban J connectivity index is 1.76. The van der Waals surface area contributed by atoms with Gasteiger partial charge in [-0.2, -0.15) is 0 Å². The summed E-state index contributed by atoms with van der Waals surface area (Å²) < 4.78 is 29.3. The predicted octanol–water partition coefficient (Wildman–Crippen LogP) is 4.91. The van der Waals surface area contributed by atoms with Crippen molar-refractivity contribution in [1.29, 1.82) is 0 Å². The third-order valence-electron chi connectivity index (χ3n) is 4.05. The lowest BCUT2D eigenvalue weighted by Gasteiger charge is -2.25. The number of rotatable bonds is 6. The van der Waals surface area contributed by atoms with Crippen molar-refractivity contribution in [1.82, 2.24) is 4.90 Å².